The maximum absolute atomic E-state index is 12.5. The number of fused-ring (bicyclic) bond motifs is 3. The quantitative estimate of drug-likeness (QED) is 0.868. The molecule has 7 heteroatoms. The second-order valence-corrected chi connectivity index (χ2v) is 8.08. The Hall–Kier alpha value is -1.86. The summed E-state index contributed by atoms with van der Waals surface area (Å²) in [7, 11) is -3.27. The van der Waals surface area contributed by atoms with Gasteiger partial charge in [-0.15, -0.1) is 0 Å². The molecule has 0 bridgehead atoms. The molecule has 0 saturated carbocycles. The van der Waals surface area contributed by atoms with E-state index >= 15 is 0 Å². The van der Waals surface area contributed by atoms with Crippen molar-refractivity contribution in [1.82, 2.24) is 9.29 Å². The van der Waals surface area contributed by atoms with Crippen LogP contribution in [-0.4, -0.2) is 43.4 Å². The van der Waals surface area contributed by atoms with Gasteiger partial charge in [-0.1, -0.05) is 6.07 Å². The summed E-state index contributed by atoms with van der Waals surface area (Å²) < 4.78 is 31.5. The van der Waals surface area contributed by atoms with E-state index in [1.807, 2.05) is 18.2 Å². The Morgan fingerprint density at radius 1 is 1.22 bits per heavy atom. The third-order valence-electron chi connectivity index (χ3n) is 4.57. The van der Waals surface area contributed by atoms with Crippen molar-refractivity contribution in [3.63, 3.8) is 0 Å². The molecule has 2 aromatic rings. The van der Waals surface area contributed by atoms with Crippen LogP contribution in [-0.2, 0) is 26.9 Å². The molecule has 122 valence electrons. The number of ether oxygens (including phenoxy) is 1. The van der Waals surface area contributed by atoms with E-state index in [-0.39, 0.29) is 11.7 Å². The Morgan fingerprint density at radius 3 is 2.78 bits per heavy atom. The zero-order valence-corrected chi connectivity index (χ0v) is 13.5. The number of sulfonamides is 1. The van der Waals surface area contributed by atoms with Gasteiger partial charge in [-0.05, 0) is 36.1 Å². The van der Waals surface area contributed by atoms with Crippen LogP contribution in [0.3, 0.4) is 0 Å². The highest BCUT2D eigenvalue weighted by Crippen LogP contribution is 2.28. The third kappa shape index (κ3) is 2.53. The summed E-state index contributed by atoms with van der Waals surface area (Å²) in [4.78, 5) is 14.9. The van der Waals surface area contributed by atoms with Crippen molar-refractivity contribution in [2.75, 3.05) is 19.7 Å². The minimum Gasteiger partial charge on any atom is -0.461 e. The summed E-state index contributed by atoms with van der Waals surface area (Å²) in [6, 6.07) is 5.54. The van der Waals surface area contributed by atoms with Crippen LogP contribution in [0.2, 0.25) is 0 Å². The van der Waals surface area contributed by atoms with Crippen molar-refractivity contribution in [3.8, 4) is 0 Å². The second kappa shape index (κ2) is 5.35. The molecule has 1 saturated heterocycles. The van der Waals surface area contributed by atoms with Crippen LogP contribution in [0.5, 0.6) is 0 Å². The molecule has 2 aliphatic heterocycles. The van der Waals surface area contributed by atoms with Crippen molar-refractivity contribution in [2.24, 2.45) is 0 Å². The molecule has 1 fully saturated rings. The molecule has 4 rings (SSSR count). The van der Waals surface area contributed by atoms with Crippen LogP contribution in [0, 0.1) is 0 Å². The summed E-state index contributed by atoms with van der Waals surface area (Å²) in [5.41, 5.74) is 3.02. The molecule has 0 radical (unpaired) electrons. The lowest BCUT2D eigenvalue weighted by Gasteiger charge is -2.15. The van der Waals surface area contributed by atoms with Gasteiger partial charge in [0.15, 0.2) is 0 Å². The van der Waals surface area contributed by atoms with Gasteiger partial charge in [0.05, 0.1) is 12.4 Å². The van der Waals surface area contributed by atoms with Gasteiger partial charge in [0.2, 0.25) is 10.0 Å². The number of hydrogen-bond donors (Lipinski definition) is 1. The van der Waals surface area contributed by atoms with Crippen LogP contribution >= 0.6 is 0 Å². The lowest BCUT2D eigenvalue weighted by atomic mass is 10.0. The number of hydrogen-bond acceptors (Lipinski definition) is 4. The molecular weight excluding hydrogens is 316 g/mol. The fraction of sp³-hybridized carbons (Fsp3) is 0.438. The monoisotopic (exact) mass is 334 g/mol. The molecule has 1 aromatic heterocycles. The SMILES string of the molecule is O=C1OCCc2c1[nH]c1ccc(CS(=O)(=O)N3CCCC3)cc21. The lowest BCUT2D eigenvalue weighted by molar-refractivity contribution is 0.0475. The summed E-state index contributed by atoms with van der Waals surface area (Å²) in [6.45, 7) is 1.61. The highest BCUT2D eigenvalue weighted by Gasteiger charge is 2.27. The molecule has 0 unspecified atom stereocenters. The minimum atomic E-state index is -3.27. The van der Waals surface area contributed by atoms with Crippen LogP contribution in [0.4, 0.5) is 0 Å². The summed E-state index contributed by atoms with van der Waals surface area (Å²) in [6.07, 6.45) is 2.53. The smallest absolute Gasteiger partial charge is 0.355 e. The molecule has 0 atom stereocenters. The van der Waals surface area contributed by atoms with Crippen LogP contribution in [0.25, 0.3) is 10.9 Å². The van der Waals surface area contributed by atoms with E-state index < -0.39 is 10.0 Å². The number of nitrogens with zero attached hydrogens (tertiary/aromatic N) is 1. The van der Waals surface area contributed by atoms with E-state index in [9.17, 15) is 13.2 Å². The number of rotatable bonds is 3. The maximum Gasteiger partial charge on any atom is 0.355 e. The molecule has 1 aromatic carbocycles. The predicted octanol–water partition coefficient (Wildman–Crippen LogP) is 1.81. The summed E-state index contributed by atoms with van der Waals surface area (Å²) >= 11 is 0. The van der Waals surface area contributed by atoms with E-state index in [2.05, 4.69) is 4.98 Å². The molecule has 3 heterocycles. The first-order valence-electron chi connectivity index (χ1n) is 7.83. The van der Waals surface area contributed by atoms with E-state index in [0.29, 0.717) is 31.8 Å². The van der Waals surface area contributed by atoms with E-state index in [4.69, 9.17) is 4.74 Å². The molecule has 0 amide bonds. The van der Waals surface area contributed by atoms with Crippen molar-refractivity contribution in [2.45, 2.75) is 25.0 Å². The Morgan fingerprint density at radius 2 is 2.00 bits per heavy atom. The van der Waals surface area contributed by atoms with E-state index in [1.165, 1.54) is 0 Å². The van der Waals surface area contributed by atoms with Gasteiger partial charge in [-0.25, -0.2) is 17.5 Å². The first kappa shape index (κ1) is 14.7. The number of esters is 1. The van der Waals surface area contributed by atoms with Crippen LogP contribution in [0.1, 0.15) is 34.5 Å². The van der Waals surface area contributed by atoms with Gasteiger partial charge in [0.25, 0.3) is 0 Å². The summed E-state index contributed by atoms with van der Waals surface area (Å²) in [5.74, 6) is -0.332. The fourth-order valence-corrected chi connectivity index (χ4v) is 5.00. The molecule has 2 aliphatic rings. The van der Waals surface area contributed by atoms with E-state index in [1.54, 1.807) is 4.31 Å². The first-order valence-corrected chi connectivity index (χ1v) is 9.44. The van der Waals surface area contributed by atoms with Crippen LogP contribution < -0.4 is 0 Å². The number of H-pyrrole nitrogens is 1. The van der Waals surface area contributed by atoms with Gasteiger partial charge in [0, 0.05) is 30.4 Å². The number of aromatic nitrogens is 1. The molecular formula is C16H18N2O4S. The molecule has 1 N–H and O–H groups in total. The number of benzene rings is 1. The second-order valence-electron chi connectivity index (χ2n) is 6.11. The van der Waals surface area contributed by atoms with Crippen molar-refractivity contribution >= 4 is 26.9 Å². The maximum atomic E-state index is 12.5. The van der Waals surface area contributed by atoms with E-state index in [0.717, 1.165) is 34.9 Å². The standard InChI is InChI=1S/C16H18N2O4S/c19-16-15-12(5-8-22-16)13-9-11(3-4-14(13)17-15)10-23(20,21)18-6-1-2-7-18/h3-4,9,17H,1-2,5-8,10H2. The third-order valence-corrected chi connectivity index (χ3v) is 6.42. The zero-order valence-electron chi connectivity index (χ0n) is 12.7. The average molecular weight is 334 g/mol. The zero-order chi connectivity index (χ0) is 16.0. The lowest BCUT2D eigenvalue weighted by Crippen LogP contribution is -2.29. The van der Waals surface area contributed by atoms with Gasteiger partial charge >= 0.3 is 5.97 Å². The van der Waals surface area contributed by atoms with Gasteiger partial charge < -0.3 is 9.72 Å². The van der Waals surface area contributed by atoms with Crippen molar-refractivity contribution < 1.29 is 17.9 Å². The van der Waals surface area contributed by atoms with Crippen LogP contribution in [0.15, 0.2) is 18.2 Å². The van der Waals surface area contributed by atoms with Gasteiger partial charge in [0.1, 0.15) is 5.69 Å². The normalized spacial score (nSPS) is 19.0. The molecule has 23 heavy (non-hydrogen) atoms. The average Bonchev–Trinajstić information content (AvgIpc) is 3.15. The Kier molecular flexibility index (Phi) is 3.42. The van der Waals surface area contributed by atoms with Gasteiger partial charge in [-0.2, -0.15) is 0 Å². The largest absolute Gasteiger partial charge is 0.461 e. The highest BCUT2D eigenvalue weighted by atomic mass is 32.2. The number of aromatic amines is 1. The van der Waals surface area contributed by atoms with Gasteiger partial charge in [-0.3, -0.25) is 0 Å². The fourth-order valence-electron chi connectivity index (χ4n) is 3.40. The number of nitrogens with one attached hydrogen (secondary N) is 1. The summed E-state index contributed by atoms with van der Waals surface area (Å²) in [5, 5.41) is 0.922. The molecule has 0 spiro atoms. The van der Waals surface area contributed by atoms with Crippen molar-refractivity contribution in [3.05, 3.63) is 35.0 Å². The number of cyclic esters (lactones) is 1. The topological polar surface area (TPSA) is 79.5 Å². The molecule has 0 aliphatic carbocycles. The first-order chi connectivity index (χ1) is 11.0. The number of carbonyl (C=O) groups excluding carboxylic acids is 1. The molecule has 6 nitrogen and oxygen atoms in total. The number of carbonyl (C=O) groups is 1. The Labute approximate surface area is 134 Å². The predicted molar refractivity (Wildman–Crippen MR) is 85.7 cm³/mol. The highest BCUT2D eigenvalue weighted by molar-refractivity contribution is 7.88. The Bertz CT molecular complexity index is 879. The minimum absolute atomic E-state index is 0.00728. The Balaban J connectivity index is 1.70. The van der Waals surface area contributed by atoms with Crippen molar-refractivity contribution in [1.29, 1.82) is 0 Å².